The number of urea groups is 1. The van der Waals surface area contributed by atoms with E-state index < -0.39 is 30.0 Å². The molecule has 1 saturated heterocycles. The number of imide groups is 1. The highest BCUT2D eigenvalue weighted by molar-refractivity contribution is 6.30. The average molecular weight is 477 g/mol. The second-order valence-electron chi connectivity index (χ2n) is 6.83. The molecule has 0 unspecified atom stereocenters. The van der Waals surface area contributed by atoms with E-state index in [1.54, 1.807) is 19.1 Å². The summed E-state index contributed by atoms with van der Waals surface area (Å²) in [6.07, 6.45) is 0.484. The van der Waals surface area contributed by atoms with Crippen molar-refractivity contribution < 1.29 is 37.8 Å². The molecule has 0 spiro atoms. The number of ether oxygens (including phenoxy) is 3. The lowest BCUT2D eigenvalue weighted by molar-refractivity contribution is -0.150. The number of rotatable bonds is 8. The molecule has 1 aromatic heterocycles. The van der Waals surface area contributed by atoms with Crippen LogP contribution in [0.4, 0.5) is 4.79 Å². The first-order chi connectivity index (χ1) is 15.7. The average Bonchev–Trinajstić information content (AvgIpc) is 3.35. The van der Waals surface area contributed by atoms with Crippen LogP contribution >= 0.6 is 11.6 Å². The van der Waals surface area contributed by atoms with Crippen molar-refractivity contribution >= 4 is 41.6 Å². The molecule has 10 nitrogen and oxygen atoms in total. The van der Waals surface area contributed by atoms with Gasteiger partial charge < -0.3 is 23.9 Å². The number of hydrogen-bond acceptors (Lipinski definition) is 8. The van der Waals surface area contributed by atoms with Gasteiger partial charge in [-0.25, -0.2) is 14.4 Å². The molecule has 33 heavy (non-hydrogen) atoms. The third kappa shape index (κ3) is 5.53. The summed E-state index contributed by atoms with van der Waals surface area (Å²) in [4.78, 5) is 49.5. The van der Waals surface area contributed by atoms with Crippen LogP contribution in [0.2, 0.25) is 5.02 Å². The van der Waals surface area contributed by atoms with Crippen LogP contribution in [0.1, 0.15) is 35.7 Å². The van der Waals surface area contributed by atoms with Crippen LogP contribution in [-0.2, 0) is 25.6 Å². The minimum absolute atomic E-state index is 0.0318. The van der Waals surface area contributed by atoms with Crippen molar-refractivity contribution in [3.63, 3.8) is 0 Å². The van der Waals surface area contributed by atoms with E-state index in [0.29, 0.717) is 10.6 Å². The van der Waals surface area contributed by atoms with E-state index in [0.717, 1.165) is 4.90 Å². The van der Waals surface area contributed by atoms with Crippen molar-refractivity contribution in [1.29, 1.82) is 0 Å². The molecule has 11 heteroatoms. The first kappa shape index (κ1) is 23.9. The predicted molar refractivity (Wildman–Crippen MR) is 115 cm³/mol. The van der Waals surface area contributed by atoms with Gasteiger partial charge in [0.2, 0.25) is 5.76 Å². The van der Waals surface area contributed by atoms with Crippen LogP contribution in [0, 0.1) is 0 Å². The molecule has 0 aliphatic carbocycles. The highest BCUT2D eigenvalue weighted by atomic mass is 35.5. The monoisotopic (exact) mass is 476 g/mol. The van der Waals surface area contributed by atoms with Crippen LogP contribution in [0.25, 0.3) is 6.08 Å². The molecule has 1 aliphatic heterocycles. The third-order valence-corrected chi connectivity index (χ3v) is 4.75. The minimum Gasteiger partial charge on any atom is -0.478 e. The molecule has 2 aromatic rings. The minimum atomic E-state index is -0.906. The summed E-state index contributed by atoms with van der Waals surface area (Å²) in [5.74, 6) is -1.42. The summed E-state index contributed by atoms with van der Waals surface area (Å²) in [6, 6.07) is 6.81. The van der Waals surface area contributed by atoms with Crippen molar-refractivity contribution in [1.82, 2.24) is 10.2 Å². The summed E-state index contributed by atoms with van der Waals surface area (Å²) in [7, 11) is 1.21. The molecule has 0 radical (unpaired) electrons. The molecule has 0 bridgehead atoms. The Balaban J connectivity index is 1.81. The van der Waals surface area contributed by atoms with Gasteiger partial charge in [0.15, 0.2) is 6.10 Å². The predicted octanol–water partition coefficient (Wildman–Crippen LogP) is 3.14. The molecule has 3 rings (SSSR count). The zero-order valence-electron chi connectivity index (χ0n) is 18.0. The van der Waals surface area contributed by atoms with Gasteiger partial charge in [0.25, 0.3) is 5.91 Å². The molecule has 1 aliphatic rings. The lowest BCUT2D eigenvalue weighted by Gasteiger charge is -2.15. The summed E-state index contributed by atoms with van der Waals surface area (Å²) >= 11 is 6.08. The number of esters is 2. The highest BCUT2D eigenvalue weighted by Gasteiger charge is 2.34. The highest BCUT2D eigenvalue weighted by Crippen LogP contribution is 2.28. The topological polar surface area (TPSA) is 124 Å². The van der Waals surface area contributed by atoms with Gasteiger partial charge in [-0.05, 0) is 50.3 Å². The standard InChI is InChI=1S/C22H21ClN2O8/c1-4-31-20(27)12(2)32-17-7-5-14(23)9-13(17)10-16-19(26)25(22(29)24-16)11-15-6-8-18(33-15)21(28)30-3/h5-10,12H,4,11H2,1-3H3,(H,24,29)/b16-10-/t12-/m0/s1. The Morgan fingerprint density at radius 1 is 1.24 bits per heavy atom. The first-order valence-electron chi connectivity index (χ1n) is 9.87. The van der Waals surface area contributed by atoms with Crippen molar-refractivity contribution in [2.45, 2.75) is 26.5 Å². The molecule has 3 amide bonds. The van der Waals surface area contributed by atoms with Gasteiger partial charge in [-0.15, -0.1) is 0 Å². The van der Waals surface area contributed by atoms with Gasteiger partial charge in [-0.3, -0.25) is 9.69 Å². The Morgan fingerprint density at radius 3 is 2.70 bits per heavy atom. The largest absolute Gasteiger partial charge is 0.478 e. The Morgan fingerprint density at radius 2 is 2.00 bits per heavy atom. The number of furan rings is 1. The van der Waals surface area contributed by atoms with Gasteiger partial charge in [-0.2, -0.15) is 0 Å². The second kappa shape index (κ2) is 10.2. The number of carbonyl (C=O) groups is 4. The fourth-order valence-electron chi connectivity index (χ4n) is 2.94. The lowest BCUT2D eigenvalue weighted by atomic mass is 10.1. The number of nitrogens with one attached hydrogen (secondary N) is 1. The molecule has 1 atom stereocenters. The fraction of sp³-hybridized carbons (Fsp3) is 0.273. The number of nitrogens with zero attached hydrogens (tertiary/aromatic N) is 1. The van der Waals surface area contributed by atoms with Gasteiger partial charge in [0.1, 0.15) is 17.2 Å². The number of amides is 3. The van der Waals surface area contributed by atoms with E-state index in [1.165, 1.54) is 38.3 Å². The maximum absolute atomic E-state index is 12.8. The van der Waals surface area contributed by atoms with Crippen LogP contribution in [0.5, 0.6) is 5.75 Å². The molecule has 0 saturated carbocycles. The van der Waals surface area contributed by atoms with Gasteiger partial charge in [-0.1, -0.05) is 11.6 Å². The van der Waals surface area contributed by atoms with Crippen LogP contribution in [-0.4, -0.2) is 48.6 Å². The Kier molecular flexibility index (Phi) is 7.39. The maximum Gasteiger partial charge on any atom is 0.373 e. The molecule has 2 heterocycles. The number of benzene rings is 1. The Labute approximate surface area is 194 Å². The summed E-state index contributed by atoms with van der Waals surface area (Å²) < 4.78 is 20.5. The van der Waals surface area contributed by atoms with E-state index in [-0.39, 0.29) is 36.1 Å². The number of halogens is 1. The van der Waals surface area contributed by atoms with Crippen molar-refractivity contribution in [2.24, 2.45) is 0 Å². The third-order valence-electron chi connectivity index (χ3n) is 4.52. The van der Waals surface area contributed by atoms with Crippen LogP contribution in [0.15, 0.2) is 40.4 Å². The molecule has 1 fully saturated rings. The van der Waals surface area contributed by atoms with E-state index >= 15 is 0 Å². The van der Waals surface area contributed by atoms with Crippen molar-refractivity contribution in [3.8, 4) is 5.75 Å². The Hall–Kier alpha value is -3.79. The SMILES string of the molecule is CCOC(=O)[C@H](C)Oc1ccc(Cl)cc1/C=C1\NC(=O)N(Cc2ccc(C(=O)OC)o2)C1=O. The lowest BCUT2D eigenvalue weighted by Crippen LogP contribution is -2.30. The summed E-state index contributed by atoms with van der Waals surface area (Å²) in [6.45, 7) is 3.22. The molecule has 1 aromatic carbocycles. The molecule has 174 valence electrons. The van der Waals surface area contributed by atoms with E-state index in [1.807, 2.05) is 0 Å². The summed E-state index contributed by atoms with van der Waals surface area (Å²) in [5, 5.41) is 2.84. The van der Waals surface area contributed by atoms with Gasteiger partial charge in [0, 0.05) is 10.6 Å². The number of carbonyl (C=O) groups excluding carboxylic acids is 4. The Bertz CT molecular complexity index is 1120. The smallest absolute Gasteiger partial charge is 0.373 e. The van der Waals surface area contributed by atoms with Crippen molar-refractivity contribution in [2.75, 3.05) is 13.7 Å². The maximum atomic E-state index is 12.8. The van der Waals surface area contributed by atoms with E-state index in [4.69, 9.17) is 25.5 Å². The van der Waals surface area contributed by atoms with Gasteiger partial charge >= 0.3 is 18.0 Å². The quantitative estimate of drug-likeness (QED) is 0.350. The second-order valence-corrected chi connectivity index (χ2v) is 7.27. The van der Waals surface area contributed by atoms with Gasteiger partial charge in [0.05, 0.1) is 20.3 Å². The first-order valence-corrected chi connectivity index (χ1v) is 10.3. The molecular weight excluding hydrogens is 456 g/mol. The zero-order chi connectivity index (χ0) is 24.1. The number of hydrogen-bond donors (Lipinski definition) is 1. The molecular formula is C22H21ClN2O8. The van der Waals surface area contributed by atoms with Crippen LogP contribution < -0.4 is 10.1 Å². The fourth-order valence-corrected chi connectivity index (χ4v) is 3.12. The number of methoxy groups -OCH3 is 1. The van der Waals surface area contributed by atoms with E-state index in [2.05, 4.69) is 10.1 Å². The normalized spacial score (nSPS) is 15.4. The van der Waals surface area contributed by atoms with E-state index in [9.17, 15) is 19.2 Å². The zero-order valence-corrected chi connectivity index (χ0v) is 18.8. The van der Waals surface area contributed by atoms with Crippen molar-refractivity contribution in [3.05, 3.63) is 58.1 Å². The van der Waals surface area contributed by atoms with Crippen LogP contribution in [0.3, 0.4) is 0 Å². The summed E-state index contributed by atoms with van der Waals surface area (Å²) in [5.41, 5.74) is 0.339. The molecule has 1 N–H and O–H groups in total.